The van der Waals surface area contributed by atoms with Gasteiger partial charge >= 0.3 is 0 Å². The molecule has 3 heterocycles. The number of pyridine rings is 1. The molecule has 1 N–H and O–H groups in total. The second kappa shape index (κ2) is 7.51. The van der Waals surface area contributed by atoms with Gasteiger partial charge in [-0.3, -0.25) is 14.6 Å². The second-order valence-electron chi connectivity index (χ2n) is 7.68. The maximum absolute atomic E-state index is 12.5. The fraction of sp³-hybridized carbons (Fsp3) is 0.409. The molecule has 2 aliphatic heterocycles. The van der Waals surface area contributed by atoms with Gasteiger partial charge in [0.05, 0.1) is 5.92 Å². The molecule has 0 aliphatic carbocycles. The molecule has 0 radical (unpaired) electrons. The molecule has 0 unspecified atom stereocenters. The van der Waals surface area contributed by atoms with Crippen molar-refractivity contribution in [1.29, 1.82) is 0 Å². The normalized spacial score (nSPS) is 21.3. The zero-order chi connectivity index (χ0) is 18.7. The Bertz CT molecular complexity index is 799. The Balaban J connectivity index is 1.32. The molecule has 5 nitrogen and oxygen atoms in total. The number of aryl methyl sites for hydroxylation is 1. The van der Waals surface area contributed by atoms with Gasteiger partial charge in [0, 0.05) is 37.4 Å². The highest BCUT2D eigenvalue weighted by atomic mass is 16.2. The highest BCUT2D eigenvalue weighted by Gasteiger charge is 2.46. The van der Waals surface area contributed by atoms with Crippen LogP contribution in [0, 0.1) is 0 Å². The number of likely N-dealkylation sites (tertiary alicyclic amines) is 1. The van der Waals surface area contributed by atoms with Crippen molar-refractivity contribution in [3.63, 3.8) is 0 Å². The van der Waals surface area contributed by atoms with Crippen molar-refractivity contribution < 1.29 is 9.59 Å². The summed E-state index contributed by atoms with van der Waals surface area (Å²) in [7, 11) is 0. The van der Waals surface area contributed by atoms with Crippen LogP contribution in [0.25, 0.3) is 0 Å². The number of carbonyl (C=O) groups is 2. The van der Waals surface area contributed by atoms with Crippen molar-refractivity contribution in [3.8, 4) is 0 Å². The number of benzene rings is 1. The van der Waals surface area contributed by atoms with Crippen LogP contribution in [-0.2, 0) is 16.0 Å². The fourth-order valence-electron chi connectivity index (χ4n) is 4.31. The van der Waals surface area contributed by atoms with Gasteiger partial charge in [0.2, 0.25) is 11.8 Å². The molecule has 2 aromatic rings. The van der Waals surface area contributed by atoms with Gasteiger partial charge in [0.15, 0.2) is 0 Å². The number of piperidine rings is 1. The molecule has 0 bridgehead atoms. The van der Waals surface area contributed by atoms with Crippen LogP contribution in [0.2, 0.25) is 0 Å². The Morgan fingerprint density at radius 3 is 2.63 bits per heavy atom. The lowest BCUT2D eigenvalue weighted by Crippen LogP contribution is -2.52. The molecule has 2 amide bonds. The van der Waals surface area contributed by atoms with E-state index in [4.69, 9.17) is 0 Å². The molecular formula is C22H25N3O2. The maximum atomic E-state index is 12.5. The third kappa shape index (κ3) is 3.87. The van der Waals surface area contributed by atoms with Crippen LogP contribution < -0.4 is 5.32 Å². The van der Waals surface area contributed by atoms with Crippen molar-refractivity contribution in [2.75, 3.05) is 13.1 Å². The van der Waals surface area contributed by atoms with Crippen molar-refractivity contribution in [2.24, 2.45) is 0 Å². The van der Waals surface area contributed by atoms with Gasteiger partial charge in [-0.1, -0.05) is 36.4 Å². The Morgan fingerprint density at radius 1 is 1.15 bits per heavy atom. The summed E-state index contributed by atoms with van der Waals surface area (Å²) in [6, 6.07) is 13.9. The molecule has 2 fully saturated rings. The first-order chi connectivity index (χ1) is 13.2. The summed E-state index contributed by atoms with van der Waals surface area (Å²) in [5.74, 6) is 0.245. The minimum absolute atomic E-state index is 0.0703. The molecule has 5 heteroatoms. The number of rotatable bonds is 4. The summed E-state index contributed by atoms with van der Waals surface area (Å²) in [6.45, 7) is 1.43. The van der Waals surface area contributed by atoms with Crippen molar-refractivity contribution in [1.82, 2.24) is 15.2 Å². The molecule has 1 spiro atoms. The van der Waals surface area contributed by atoms with Gasteiger partial charge in [-0.2, -0.15) is 0 Å². The first-order valence-corrected chi connectivity index (χ1v) is 9.69. The number of nitrogens with one attached hydrogen (secondary N) is 1. The molecular weight excluding hydrogens is 338 g/mol. The van der Waals surface area contributed by atoms with E-state index in [-0.39, 0.29) is 23.3 Å². The molecule has 1 atom stereocenters. The van der Waals surface area contributed by atoms with Crippen LogP contribution >= 0.6 is 0 Å². The lowest BCUT2D eigenvalue weighted by molar-refractivity contribution is -0.132. The van der Waals surface area contributed by atoms with E-state index in [0.717, 1.165) is 36.8 Å². The number of aromatic nitrogens is 1. The molecule has 27 heavy (non-hydrogen) atoms. The highest BCUT2D eigenvalue weighted by Crippen LogP contribution is 2.39. The van der Waals surface area contributed by atoms with E-state index in [2.05, 4.69) is 10.3 Å². The fourth-order valence-corrected chi connectivity index (χ4v) is 4.31. The molecule has 1 aromatic heterocycles. The van der Waals surface area contributed by atoms with Crippen molar-refractivity contribution >= 4 is 11.8 Å². The van der Waals surface area contributed by atoms with E-state index in [0.29, 0.717) is 19.5 Å². The summed E-state index contributed by atoms with van der Waals surface area (Å²) >= 11 is 0. The molecule has 4 rings (SSSR count). The van der Waals surface area contributed by atoms with Gasteiger partial charge in [0.25, 0.3) is 0 Å². The number of hydrogen-bond acceptors (Lipinski definition) is 3. The summed E-state index contributed by atoms with van der Waals surface area (Å²) in [5.41, 5.74) is 2.02. The van der Waals surface area contributed by atoms with Crippen LogP contribution in [0.1, 0.15) is 42.7 Å². The first kappa shape index (κ1) is 17.7. The van der Waals surface area contributed by atoms with Gasteiger partial charge in [-0.05, 0) is 42.9 Å². The van der Waals surface area contributed by atoms with Crippen molar-refractivity contribution in [3.05, 3.63) is 66.0 Å². The number of carbonyl (C=O) groups excluding carboxylic acids is 2. The topological polar surface area (TPSA) is 62.3 Å². The highest BCUT2D eigenvalue weighted by molar-refractivity contribution is 5.87. The van der Waals surface area contributed by atoms with E-state index in [1.54, 1.807) is 6.20 Å². The smallest absolute Gasteiger partial charge is 0.228 e. The summed E-state index contributed by atoms with van der Waals surface area (Å²) in [4.78, 5) is 31.1. The number of hydrogen-bond donors (Lipinski definition) is 1. The van der Waals surface area contributed by atoms with Crippen LogP contribution in [0.15, 0.2) is 54.9 Å². The molecule has 2 aliphatic rings. The number of nitrogens with zero attached hydrogens (tertiary/aromatic N) is 2. The lowest BCUT2D eigenvalue weighted by Gasteiger charge is -2.39. The van der Waals surface area contributed by atoms with E-state index in [9.17, 15) is 9.59 Å². The summed E-state index contributed by atoms with van der Waals surface area (Å²) in [5, 5.41) is 3.25. The van der Waals surface area contributed by atoms with Crippen LogP contribution in [0.5, 0.6) is 0 Å². The molecule has 0 saturated carbocycles. The summed E-state index contributed by atoms with van der Waals surface area (Å²) in [6.07, 6.45) is 7.29. The average Bonchev–Trinajstić information content (AvgIpc) is 3.04. The Morgan fingerprint density at radius 2 is 1.93 bits per heavy atom. The predicted octanol–water partition coefficient (Wildman–Crippen LogP) is 2.68. The zero-order valence-electron chi connectivity index (χ0n) is 15.4. The zero-order valence-corrected chi connectivity index (χ0v) is 15.4. The van der Waals surface area contributed by atoms with Gasteiger partial charge < -0.3 is 10.2 Å². The quantitative estimate of drug-likeness (QED) is 0.908. The monoisotopic (exact) mass is 363 g/mol. The van der Waals surface area contributed by atoms with Gasteiger partial charge in [0.1, 0.15) is 0 Å². The minimum atomic E-state index is -0.155. The Kier molecular flexibility index (Phi) is 4.92. The van der Waals surface area contributed by atoms with Crippen LogP contribution in [0.3, 0.4) is 0 Å². The largest absolute Gasteiger partial charge is 0.350 e. The van der Waals surface area contributed by atoms with Crippen LogP contribution in [0.4, 0.5) is 0 Å². The standard InChI is InChI=1S/C22H25N3O2/c26-20(9-8-17-5-4-12-23-16-17)25-13-10-22(11-14-25)15-19(21(27)24-22)18-6-2-1-3-7-18/h1-7,12,16,19H,8-11,13-15H2,(H,24,27)/t19-/m0/s1. The first-order valence-electron chi connectivity index (χ1n) is 9.69. The minimum Gasteiger partial charge on any atom is -0.350 e. The van der Waals surface area contributed by atoms with E-state index in [1.165, 1.54) is 0 Å². The third-order valence-corrected chi connectivity index (χ3v) is 5.93. The summed E-state index contributed by atoms with van der Waals surface area (Å²) < 4.78 is 0. The predicted molar refractivity (Wildman–Crippen MR) is 103 cm³/mol. The lowest BCUT2D eigenvalue weighted by atomic mass is 9.82. The van der Waals surface area contributed by atoms with Crippen LogP contribution in [-0.4, -0.2) is 40.3 Å². The maximum Gasteiger partial charge on any atom is 0.228 e. The van der Waals surface area contributed by atoms with E-state index < -0.39 is 0 Å². The van der Waals surface area contributed by atoms with Crippen molar-refractivity contribution in [2.45, 2.75) is 43.6 Å². The average molecular weight is 363 g/mol. The van der Waals surface area contributed by atoms with Gasteiger partial charge in [-0.25, -0.2) is 0 Å². The molecule has 1 aromatic carbocycles. The molecule has 2 saturated heterocycles. The Hall–Kier alpha value is -2.69. The number of amides is 2. The van der Waals surface area contributed by atoms with E-state index >= 15 is 0 Å². The van der Waals surface area contributed by atoms with E-state index in [1.807, 2.05) is 53.6 Å². The van der Waals surface area contributed by atoms with Gasteiger partial charge in [-0.15, -0.1) is 0 Å². The third-order valence-electron chi connectivity index (χ3n) is 5.93. The SMILES string of the molecule is O=C1NC2(CCN(C(=O)CCc3cccnc3)CC2)C[C@H]1c1ccccc1. The second-order valence-corrected chi connectivity index (χ2v) is 7.68. The molecule has 140 valence electrons. The Labute approximate surface area is 159 Å².